The summed E-state index contributed by atoms with van der Waals surface area (Å²) in [4.78, 5) is 39.0. The Bertz CT molecular complexity index is 1120. The maximum Gasteiger partial charge on any atom is 0.336 e. The van der Waals surface area contributed by atoms with Crippen molar-refractivity contribution in [3.63, 3.8) is 0 Å². The first-order valence-electron chi connectivity index (χ1n) is 9.24. The Morgan fingerprint density at radius 2 is 2.07 bits per heavy atom. The van der Waals surface area contributed by atoms with E-state index in [0.29, 0.717) is 21.8 Å². The van der Waals surface area contributed by atoms with Crippen LogP contribution in [0.15, 0.2) is 46.1 Å². The van der Waals surface area contributed by atoms with Crippen LogP contribution in [0.2, 0.25) is 0 Å². The molecule has 1 fully saturated rings. The van der Waals surface area contributed by atoms with Gasteiger partial charge in [0.15, 0.2) is 0 Å². The minimum atomic E-state index is -0.441. The largest absolute Gasteiger partial charge is 0.376 e. The van der Waals surface area contributed by atoms with E-state index in [1.807, 2.05) is 30.3 Å². The third-order valence-corrected chi connectivity index (χ3v) is 6.12. The highest BCUT2D eigenvalue weighted by molar-refractivity contribution is 7.19. The van der Waals surface area contributed by atoms with Gasteiger partial charge in [-0.15, -0.1) is 11.3 Å². The van der Waals surface area contributed by atoms with Crippen LogP contribution in [0.4, 0.5) is 0 Å². The lowest BCUT2D eigenvalue weighted by molar-refractivity contribution is 0.0861. The second kappa shape index (κ2) is 7.73. The van der Waals surface area contributed by atoms with Crippen LogP contribution in [0.1, 0.15) is 33.6 Å². The van der Waals surface area contributed by atoms with Gasteiger partial charge in [-0.25, -0.2) is 4.79 Å². The predicted octanol–water partition coefficient (Wildman–Crippen LogP) is 1.79. The molecule has 0 bridgehead atoms. The Morgan fingerprint density at radius 3 is 2.79 bits per heavy atom. The lowest BCUT2D eigenvalue weighted by Gasteiger charge is -2.09. The van der Waals surface area contributed by atoms with Crippen LogP contribution >= 0.6 is 11.3 Å². The van der Waals surface area contributed by atoms with E-state index in [0.717, 1.165) is 36.3 Å². The molecule has 1 aliphatic heterocycles. The van der Waals surface area contributed by atoms with E-state index in [1.165, 1.54) is 15.2 Å². The van der Waals surface area contributed by atoms with E-state index >= 15 is 0 Å². The lowest BCUT2D eigenvalue weighted by Crippen LogP contribution is -2.38. The van der Waals surface area contributed by atoms with Crippen molar-refractivity contribution in [1.29, 1.82) is 0 Å². The summed E-state index contributed by atoms with van der Waals surface area (Å²) in [6.45, 7) is 3.05. The molecule has 0 radical (unpaired) electrons. The van der Waals surface area contributed by atoms with Crippen molar-refractivity contribution in [2.45, 2.75) is 32.4 Å². The van der Waals surface area contributed by atoms with Gasteiger partial charge in [-0.3, -0.25) is 18.6 Å². The molecule has 1 atom stereocenters. The Morgan fingerprint density at radius 1 is 1.29 bits per heavy atom. The zero-order valence-electron chi connectivity index (χ0n) is 15.5. The normalized spacial score (nSPS) is 16.5. The summed E-state index contributed by atoms with van der Waals surface area (Å²) in [7, 11) is 0. The molecule has 4 rings (SSSR count). The number of amides is 1. The molecular formula is C20H21N3O4S. The van der Waals surface area contributed by atoms with E-state index in [2.05, 4.69) is 5.32 Å². The highest BCUT2D eigenvalue weighted by atomic mass is 32.1. The molecule has 0 saturated carbocycles. The number of nitrogens with one attached hydrogen (secondary N) is 1. The summed E-state index contributed by atoms with van der Waals surface area (Å²) >= 11 is 1.15. The molecule has 3 aromatic rings. The van der Waals surface area contributed by atoms with E-state index in [-0.39, 0.29) is 24.1 Å². The van der Waals surface area contributed by atoms with Gasteiger partial charge in [0.1, 0.15) is 9.71 Å². The average Bonchev–Trinajstić information content (AvgIpc) is 3.38. The molecule has 28 heavy (non-hydrogen) atoms. The molecule has 1 aromatic carbocycles. The molecule has 7 nitrogen and oxygen atoms in total. The zero-order valence-corrected chi connectivity index (χ0v) is 16.3. The number of carbonyl (C=O) groups is 1. The number of benzene rings is 1. The third-order valence-electron chi connectivity index (χ3n) is 4.92. The second-order valence-electron chi connectivity index (χ2n) is 6.90. The summed E-state index contributed by atoms with van der Waals surface area (Å²) < 4.78 is 8.11. The molecule has 1 saturated heterocycles. The van der Waals surface area contributed by atoms with E-state index in [9.17, 15) is 14.4 Å². The van der Waals surface area contributed by atoms with Crippen LogP contribution in [0, 0.1) is 6.92 Å². The number of thiazole rings is 1. The molecule has 8 heteroatoms. The van der Waals surface area contributed by atoms with Crippen LogP contribution in [-0.2, 0) is 11.3 Å². The van der Waals surface area contributed by atoms with Gasteiger partial charge in [0, 0.05) is 24.9 Å². The quantitative estimate of drug-likeness (QED) is 0.709. The molecule has 0 spiro atoms. The Labute approximate surface area is 165 Å². The van der Waals surface area contributed by atoms with Crippen molar-refractivity contribution in [2.24, 2.45) is 0 Å². The number of hydrogen-bond donors (Lipinski definition) is 1. The van der Waals surface area contributed by atoms with Crippen LogP contribution < -0.4 is 16.6 Å². The fraction of sp³-hybridized carbons (Fsp3) is 0.350. The van der Waals surface area contributed by atoms with Gasteiger partial charge < -0.3 is 10.1 Å². The zero-order chi connectivity index (χ0) is 19.7. The molecule has 1 unspecified atom stereocenters. The Kier molecular flexibility index (Phi) is 5.15. The minimum Gasteiger partial charge on any atom is -0.376 e. The van der Waals surface area contributed by atoms with Gasteiger partial charge in [0.25, 0.3) is 11.5 Å². The van der Waals surface area contributed by atoms with E-state index in [4.69, 9.17) is 4.74 Å². The first-order valence-corrected chi connectivity index (χ1v) is 10.1. The summed E-state index contributed by atoms with van der Waals surface area (Å²) in [6.07, 6.45) is 3.50. The fourth-order valence-corrected chi connectivity index (χ4v) is 4.38. The number of fused-ring (bicyclic) bond motifs is 1. The monoisotopic (exact) mass is 399 g/mol. The number of hydrogen-bond acceptors (Lipinski definition) is 5. The molecular weight excluding hydrogens is 378 g/mol. The summed E-state index contributed by atoms with van der Waals surface area (Å²) in [5.41, 5.74) is 0.551. The molecule has 1 aliphatic rings. The molecule has 3 heterocycles. The highest BCUT2D eigenvalue weighted by Gasteiger charge is 2.20. The Hall–Kier alpha value is -2.71. The third kappa shape index (κ3) is 3.53. The topological polar surface area (TPSA) is 81.8 Å². The predicted molar refractivity (Wildman–Crippen MR) is 107 cm³/mol. The second-order valence-corrected chi connectivity index (χ2v) is 7.93. The van der Waals surface area contributed by atoms with Crippen LogP contribution in [0.5, 0.6) is 0 Å². The fourth-order valence-electron chi connectivity index (χ4n) is 3.38. The highest BCUT2D eigenvalue weighted by Crippen LogP contribution is 2.18. The van der Waals surface area contributed by atoms with Crippen molar-refractivity contribution in [2.75, 3.05) is 13.2 Å². The molecule has 0 aliphatic carbocycles. The number of carbonyl (C=O) groups excluding carboxylic acids is 1. The van der Waals surface area contributed by atoms with Crippen LogP contribution in [0.25, 0.3) is 4.83 Å². The molecule has 146 valence electrons. The van der Waals surface area contributed by atoms with Gasteiger partial charge in [0.05, 0.1) is 12.6 Å². The van der Waals surface area contributed by atoms with E-state index < -0.39 is 5.69 Å². The van der Waals surface area contributed by atoms with Crippen LogP contribution in [0.3, 0.4) is 0 Å². The van der Waals surface area contributed by atoms with E-state index in [1.54, 1.807) is 6.92 Å². The first kappa shape index (κ1) is 18.6. The minimum absolute atomic E-state index is 0.0454. The average molecular weight is 399 g/mol. The molecule has 2 aromatic heterocycles. The van der Waals surface area contributed by atoms with Crippen molar-refractivity contribution in [3.05, 3.63) is 73.4 Å². The van der Waals surface area contributed by atoms with Crippen LogP contribution in [-0.4, -0.2) is 34.1 Å². The Balaban J connectivity index is 1.66. The lowest BCUT2D eigenvalue weighted by atomic mass is 10.2. The number of aryl methyl sites for hydroxylation is 1. The SMILES string of the molecule is Cc1c(=O)n(Cc2ccccc2)c(=O)n2cc(C(=O)NCC3CCCO3)sc12. The van der Waals surface area contributed by atoms with Crippen molar-refractivity contribution in [1.82, 2.24) is 14.3 Å². The molecule has 1 amide bonds. The first-order chi connectivity index (χ1) is 13.5. The summed E-state index contributed by atoms with van der Waals surface area (Å²) in [6, 6.07) is 9.35. The number of nitrogens with zero attached hydrogens (tertiary/aromatic N) is 2. The maximum absolute atomic E-state index is 12.9. The van der Waals surface area contributed by atoms with Gasteiger partial charge in [0.2, 0.25) is 0 Å². The van der Waals surface area contributed by atoms with Crippen molar-refractivity contribution >= 4 is 22.1 Å². The molecule has 1 N–H and O–H groups in total. The van der Waals surface area contributed by atoms with Crippen molar-refractivity contribution < 1.29 is 9.53 Å². The van der Waals surface area contributed by atoms with Gasteiger partial charge >= 0.3 is 5.69 Å². The van der Waals surface area contributed by atoms with Gasteiger partial charge in [-0.05, 0) is 25.3 Å². The summed E-state index contributed by atoms with van der Waals surface area (Å²) in [5.74, 6) is -0.259. The summed E-state index contributed by atoms with van der Waals surface area (Å²) in [5, 5.41) is 2.86. The van der Waals surface area contributed by atoms with Crippen molar-refractivity contribution in [3.8, 4) is 0 Å². The number of aromatic nitrogens is 2. The standard InChI is InChI=1S/C20H21N3O4S/c1-13-18(25)22(11-14-6-3-2-4-7-14)20(26)23-12-16(28-19(13)23)17(24)21-10-15-8-5-9-27-15/h2-4,6-7,12,15H,5,8-11H2,1H3,(H,21,24). The smallest absolute Gasteiger partial charge is 0.336 e. The van der Waals surface area contributed by atoms with Gasteiger partial charge in [-0.2, -0.15) is 0 Å². The van der Waals surface area contributed by atoms with Gasteiger partial charge in [-0.1, -0.05) is 30.3 Å². The number of rotatable bonds is 5. The maximum atomic E-state index is 12.9. The number of ether oxygens (including phenoxy) is 1.